The van der Waals surface area contributed by atoms with Gasteiger partial charge in [-0.05, 0) is 30.7 Å². The molecule has 0 atom stereocenters. The van der Waals surface area contributed by atoms with E-state index in [0.29, 0.717) is 28.0 Å². The molecular formula is C18H15Cl2NO6. The van der Waals surface area contributed by atoms with Crippen LogP contribution in [0.4, 0.5) is 5.69 Å². The van der Waals surface area contributed by atoms with E-state index in [2.05, 4.69) is 5.32 Å². The quantitative estimate of drug-likeness (QED) is 0.752. The van der Waals surface area contributed by atoms with E-state index in [1.807, 2.05) is 0 Å². The molecule has 0 saturated heterocycles. The third kappa shape index (κ3) is 4.20. The van der Waals surface area contributed by atoms with Crippen molar-refractivity contribution >= 4 is 40.8 Å². The summed E-state index contributed by atoms with van der Waals surface area (Å²) < 4.78 is 20.6. The average Bonchev–Trinajstić information content (AvgIpc) is 3.11. The minimum Gasteiger partial charge on any atom is -0.495 e. The number of methoxy groups -OCH3 is 1. The standard InChI is InChI=1S/C18H15Cl2NO6/c1-9-3-13(14(24-2)6-11(9)19)21-16(22)7-25-18(23)10-4-12(20)17-15(5-10)26-8-27-17/h3-6H,7-8H2,1-2H3,(H,21,22). The van der Waals surface area contributed by atoms with Crippen molar-refractivity contribution in [3.63, 3.8) is 0 Å². The lowest BCUT2D eigenvalue weighted by Gasteiger charge is -2.12. The molecule has 0 fully saturated rings. The predicted octanol–water partition coefficient (Wildman–Crippen LogP) is 3.83. The number of benzene rings is 2. The Bertz CT molecular complexity index is 915. The molecule has 27 heavy (non-hydrogen) atoms. The maximum atomic E-state index is 12.2. The van der Waals surface area contributed by atoms with Gasteiger partial charge in [0.1, 0.15) is 5.75 Å². The molecule has 1 amide bonds. The van der Waals surface area contributed by atoms with Crippen LogP contribution in [0.2, 0.25) is 10.0 Å². The van der Waals surface area contributed by atoms with Gasteiger partial charge in [-0.3, -0.25) is 4.79 Å². The van der Waals surface area contributed by atoms with Crippen LogP contribution in [-0.4, -0.2) is 32.4 Å². The summed E-state index contributed by atoms with van der Waals surface area (Å²) in [6.45, 7) is 1.33. The van der Waals surface area contributed by atoms with Crippen molar-refractivity contribution in [1.82, 2.24) is 0 Å². The Morgan fingerprint density at radius 1 is 1.15 bits per heavy atom. The molecule has 1 aliphatic heterocycles. The zero-order valence-corrected chi connectivity index (χ0v) is 15.9. The lowest BCUT2D eigenvalue weighted by atomic mass is 10.2. The number of ether oxygens (including phenoxy) is 4. The Hall–Kier alpha value is -2.64. The van der Waals surface area contributed by atoms with Crippen LogP contribution in [0, 0.1) is 6.92 Å². The van der Waals surface area contributed by atoms with E-state index in [-0.39, 0.29) is 17.4 Å². The molecule has 3 rings (SSSR count). The number of carbonyl (C=O) groups excluding carboxylic acids is 2. The summed E-state index contributed by atoms with van der Waals surface area (Å²) >= 11 is 12.1. The second-order valence-corrected chi connectivity index (χ2v) is 6.43. The number of carbonyl (C=O) groups is 2. The summed E-state index contributed by atoms with van der Waals surface area (Å²) in [4.78, 5) is 24.3. The van der Waals surface area contributed by atoms with Crippen molar-refractivity contribution in [2.75, 3.05) is 25.8 Å². The Morgan fingerprint density at radius 2 is 1.93 bits per heavy atom. The highest BCUT2D eigenvalue weighted by Gasteiger charge is 2.22. The predicted molar refractivity (Wildman–Crippen MR) is 99.2 cm³/mol. The first-order valence-electron chi connectivity index (χ1n) is 7.79. The van der Waals surface area contributed by atoms with Crippen LogP contribution < -0.4 is 19.5 Å². The van der Waals surface area contributed by atoms with Gasteiger partial charge >= 0.3 is 5.97 Å². The highest BCUT2D eigenvalue weighted by atomic mass is 35.5. The average molecular weight is 412 g/mol. The van der Waals surface area contributed by atoms with Crippen molar-refractivity contribution < 1.29 is 28.5 Å². The molecule has 2 aromatic rings. The van der Waals surface area contributed by atoms with Crippen molar-refractivity contribution in [2.45, 2.75) is 6.92 Å². The molecule has 0 unspecified atom stereocenters. The highest BCUT2D eigenvalue weighted by Crippen LogP contribution is 2.40. The Morgan fingerprint density at radius 3 is 2.67 bits per heavy atom. The molecule has 1 aliphatic rings. The molecule has 142 valence electrons. The number of nitrogens with one attached hydrogen (secondary N) is 1. The molecule has 0 spiro atoms. The van der Waals surface area contributed by atoms with Gasteiger partial charge in [0.25, 0.3) is 5.91 Å². The molecule has 1 heterocycles. The van der Waals surface area contributed by atoms with E-state index < -0.39 is 18.5 Å². The number of rotatable bonds is 5. The normalized spacial score (nSPS) is 11.9. The summed E-state index contributed by atoms with van der Waals surface area (Å²) in [6.07, 6.45) is 0. The first-order chi connectivity index (χ1) is 12.9. The third-order valence-corrected chi connectivity index (χ3v) is 4.44. The van der Waals surface area contributed by atoms with Crippen LogP contribution in [-0.2, 0) is 9.53 Å². The van der Waals surface area contributed by atoms with E-state index in [1.165, 1.54) is 19.2 Å². The fourth-order valence-electron chi connectivity index (χ4n) is 2.42. The molecule has 0 aliphatic carbocycles. The fourth-order valence-corrected chi connectivity index (χ4v) is 2.83. The Labute approximate surface area is 165 Å². The molecule has 0 aromatic heterocycles. The van der Waals surface area contributed by atoms with Crippen LogP contribution in [0.25, 0.3) is 0 Å². The van der Waals surface area contributed by atoms with Crippen molar-refractivity contribution in [2.24, 2.45) is 0 Å². The van der Waals surface area contributed by atoms with Gasteiger partial charge in [0.2, 0.25) is 6.79 Å². The van der Waals surface area contributed by atoms with Gasteiger partial charge in [0.15, 0.2) is 18.1 Å². The number of amides is 1. The SMILES string of the molecule is COc1cc(Cl)c(C)cc1NC(=O)COC(=O)c1cc(Cl)c2c(c1)OCO2. The van der Waals surface area contributed by atoms with E-state index in [9.17, 15) is 9.59 Å². The first kappa shape index (κ1) is 19.1. The zero-order chi connectivity index (χ0) is 19.6. The number of esters is 1. The van der Waals surface area contributed by atoms with Gasteiger partial charge in [-0.1, -0.05) is 23.2 Å². The number of hydrogen-bond donors (Lipinski definition) is 1. The fraction of sp³-hybridized carbons (Fsp3) is 0.222. The monoisotopic (exact) mass is 411 g/mol. The van der Waals surface area contributed by atoms with Crippen LogP contribution in [0.3, 0.4) is 0 Å². The minimum absolute atomic E-state index is 0.0261. The largest absolute Gasteiger partial charge is 0.495 e. The van der Waals surface area contributed by atoms with E-state index in [1.54, 1.807) is 19.1 Å². The second-order valence-electron chi connectivity index (χ2n) is 5.62. The van der Waals surface area contributed by atoms with Crippen LogP contribution >= 0.6 is 23.2 Å². The van der Waals surface area contributed by atoms with Gasteiger partial charge in [0, 0.05) is 11.1 Å². The number of aryl methyl sites for hydroxylation is 1. The summed E-state index contributed by atoms with van der Waals surface area (Å²) in [5.74, 6) is -0.135. The molecule has 0 bridgehead atoms. The third-order valence-electron chi connectivity index (χ3n) is 3.75. The van der Waals surface area contributed by atoms with E-state index >= 15 is 0 Å². The summed E-state index contributed by atoms with van der Waals surface area (Å²) in [6, 6.07) is 6.09. The lowest BCUT2D eigenvalue weighted by molar-refractivity contribution is -0.119. The minimum atomic E-state index is -0.718. The number of hydrogen-bond acceptors (Lipinski definition) is 6. The summed E-state index contributed by atoms with van der Waals surface area (Å²) in [7, 11) is 1.46. The number of halogens is 2. The molecule has 7 nitrogen and oxygen atoms in total. The Kier molecular flexibility index (Phi) is 5.62. The topological polar surface area (TPSA) is 83.1 Å². The van der Waals surface area contributed by atoms with Gasteiger partial charge < -0.3 is 24.3 Å². The summed E-state index contributed by atoms with van der Waals surface area (Å²) in [5, 5.41) is 3.35. The van der Waals surface area contributed by atoms with Crippen molar-refractivity contribution in [3.8, 4) is 17.2 Å². The second kappa shape index (κ2) is 7.94. The number of fused-ring (bicyclic) bond motifs is 1. The molecule has 1 N–H and O–H groups in total. The smallest absolute Gasteiger partial charge is 0.338 e. The van der Waals surface area contributed by atoms with Gasteiger partial charge in [-0.25, -0.2) is 4.79 Å². The van der Waals surface area contributed by atoms with E-state index in [4.69, 9.17) is 42.1 Å². The molecule has 0 radical (unpaired) electrons. The molecule has 0 saturated carbocycles. The van der Waals surface area contributed by atoms with Crippen molar-refractivity contribution in [3.05, 3.63) is 45.4 Å². The maximum Gasteiger partial charge on any atom is 0.338 e. The molecule has 2 aromatic carbocycles. The maximum absolute atomic E-state index is 12.2. The van der Waals surface area contributed by atoms with Gasteiger partial charge in [-0.2, -0.15) is 0 Å². The van der Waals surface area contributed by atoms with Crippen molar-refractivity contribution in [1.29, 1.82) is 0 Å². The molecule has 9 heteroatoms. The lowest BCUT2D eigenvalue weighted by Crippen LogP contribution is -2.21. The molecular weight excluding hydrogens is 397 g/mol. The zero-order valence-electron chi connectivity index (χ0n) is 14.4. The Balaban J connectivity index is 1.64. The van der Waals surface area contributed by atoms with Crippen LogP contribution in [0.15, 0.2) is 24.3 Å². The summed E-state index contributed by atoms with van der Waals surface area (Å²) in [5.41, 5.74) is 1.34. The van der Waals surface area contributed by atoms with Gasteiger partial charge in [-0.15, -0.1) is 0 Å². The van der Waals surface area contributed by atoms with E-state index in [0.717, 1.165) is 5.56 Å². The van der Waals surface area contributed by atoms with Crippen LogP contribution in [0.5, 0.6) is 17.2 Å². The van der Waals surface area contributed by atoms with Gasteiger partial charge in [0.05, 0.1) is 23.4 Å². The first-order valence-corrected chi connectivity index (χ1v) is 8.55. The highest BCUT2D eigenvalue weighted by molar-refractivity contribution is 6.32. The number of anilines is 1. The van der Waals surface area contributed by atoms with Crippen LogP contribution in [0.1, 0.15) is 15.9 Å².